The zero-order valence-corrected chi connectivity index (χ0v) is 7.18. The van der Waals surface area contributed by atoms with Crippen molar-refractivity contribution < 1.29 is 0 Å². The molecule has 0 radical (unpaired) electrons. The molecule has 0 aliphatic carbocycles. The van der Waals surface area contributed by atoms with Gasteiger partial charge in [0.05, 0.1) is 6.20 Å². The predicted molar refractivity (Wildman–Crippen MR) is 48.3 cm³/mol. The molecule has 5 nitrogen and oxygen atoms in total. The highest BCUT2D eigenvalue weighted by Crippen LogP contribution is 2.09. The van der Waals surface area contributed by atoms with Gasteiger partial charge in [0, 0.05) is 24.2 Å². The van der Waals surface area contributed by atoms with E-state index in [-0.39, 0.29) is 0 Å². The van der Waals surface area contributed by atoms with E-state index in [1.54, 1.807) is 23.3 Å². The first-order valence-corrected chi connectivity index (χ1v) is 3.85. The molecule has 2 aromatic rings. The monoisotopic (exact) mass is 175 g/mol. The van der Waals surface area contributed by atoms with E-state index in [9.17, 15) is 0 Å². The molecule has 0 saturated heterocycles. The second kappa shape index (κ2) is 2.85. The average Bonchev–Trinajstić information content (AvgIpc) is 2.49. The van der Waals surface area contributed by atoms with Crippen LogP contribution in [0.5, 0.6) is 0 Å². The quantitative estimate of drug-likeness (QED) is 0.687. The maximum Gasteiger partial charge on any atom is 0.171 e. The summed E-state index contributed by atoms with van der Waals surface area (Å²) in [6.45, 7) is 1.90. The first-order chi connectivity index (χ1) is 6.27. The predicted octanol–water partition coefficient (Wildman–Crippen LogP) is 0.553. The van der Waals surface area contributed by atoms with Crippen molar-refractivity contribution in [3.8, 4) is 5.82 Å². The summed E-state index contributed by atoms with van der Waals surface area (Å²) in [6.07, 6.45) is 6.68. The van der Waals surface area contributed by atoms with Crippen molar-refractivity contribution >= 4 is 5.82 Å². The molecule has 2 N–H and O–H groups in total. The SMILES string of the molecule is Cc1cn(-c2cnccn2)nc1N. The molecular weight excluding hydrogens is 166 g/mol. The minimum absolute atomic E-state index is 0.519. The highest BCUT2D eigenvalue weighted by Gasteiger charge is 2.02. The van der Waals surface area contributed by atoms with Crippen LogP contribution >= 0.6 is 0 Å². The minimum Gasteiger partial charge on any atom is -0.382 e. The fraction of sp³-hybridized carbons (Fsp3) is 0.125. The van der Waals surface area contributed by atoms with Gasteiger partial charge >= 0.3 is 0 Å². The highest BCUT2D eigenvalue weighted by molar-refractivity contribution is 5.38. The molecule has 2 rings (SSSR count). The van der Waals surface area contributed by atoms with Crippen LogP contribution in [0.25, 0.3) is 5.82 Å². The van der Waals surface area contributed by atoms with E-state index in [2.05, 4.69) is 15.1 Å². The molecule has 13 heavy (non-hydrogen) atoms. The maximum atomic E-state index is 5.60. The van der Waals surface area contributed by atoms with Crippen LogP contribution in [0.3, 0.4) is 0 Å². The Kier molecular flexibility index (Phi) is 1.70. The molecule has 0 saturated carbocycles. The van der Waals surface area contributed by atoms with Crippen LogP contribution < -0.4 is 5.73 Å². The van der Waals surface area contributed by atoms with E-state index < -0.39 is 0 Å². The number of nitrogens with two attached hydrogens (primary N) is 1. The number of rotatable bonds is 1. The molecule has 0 fully saturated rings. The summed E-state index contributed by atoms with van der Waals surface area (Å²) in [5.74, 6) is 1.19. The van der Waals surface area contributed by atoms with E-state index in [0.717, 1.165) is 5.56 Å². The first-order valence-electron chi connectivity index (χ1n) is 3.85. The topological polar surface area (TPSA) is 69.6 Å². The summed E-state index contributed by atoms with van der Waals surface area (Å²) in [4.78, 5) is 8.02. The van der Waals surface area contributed by atoms with Crippen LogP contribution in [-0.2, 0) is 0 Å². The lowest BCUT2D eigenvalue weighted by Gasteiger charge is -1.96. The zero-order chi connectivity index (χ0) is 9.26. The number of aromatic nitrogens is 4. The Morgan fingerprint density at radius 1 is 1.38 bits per heavy atom. The molecular formula is C8H9N5. The van der Waals surface area contributed by atoms with Gasteiger partial charge in [-0.3, -0.25) is 4.98 Å². The standard InChI is InChI=1S/C8H9N5/c1-6-5-13(12-8(6)9)7-4-10-2-3-11-7/h2-5H,1H3,(H2,9,12). The van der Waals surface area contributed by atoms with Crippen molar-refractivity contribution in [2.45, 2.75) is 6.92 Å². The summed E-state index contributed by atoms with van der Waals surface area (Å²) in [5.41, 5.74) is 6.53. The molecule has 2 aromatic heterocycles. The molecule has 0 aliphatic heterocycles. The first kappa shape index (κ1) is 7.72. The number of hydrogen-bond acceptors (Lipinski definition) is 4. The lowest BCUT2D eigenvalue weighted by Crippen LogP contribution is -1.98. The second-order valence-corrected chi connectivity index (χ2v) is 2.71. The number of anilines is 1. The van der Waals surface area contributed by atoms with Crippen molar-refractivity contribution in [3.63, 3.8) is 0 Å². The average molecular weight is 175 g/mol. The summed E-state index contributed by atoms with van der Waals surface area (Å²) >= 11 is 0. The Morgan fingerprint density at radius 3 is 2.77 bits per heavy atom. The Labute approximate surface area is 75.2 Å². The lowest BCUT2D eigenvalue weighted by molar-refractivity contribution is 0.841. The maximum absolute atomic E-state index is 5.60. The van der Waals surface area contributed by atoms with Gasteiger partial charge in [0.2, 0.25) is 0 Å². The summed E-state index contributed by atoms with van der Waals surface area (Å²) < 4.78 is 1.61. The van der Waals surface area contributed by atoms with Gasteiger partial charge in [-0.1, -0.05) is 0 Å². The Hall–Kier alpha value is -1.91. The van der Waals surface area contributed by atoms with Crippen molar-refractivity contribution in [1.29, 1.82) is 0 Å². The summed E-state index contributed by atoms with van der Waals surface area (Å²) in [6, 6.07) is 0. The number of nitrogens with zero attached hydrogens (tertiary/aromatic N) is 4. The normalized spacial score (nSPS) is 10.2. The van der Waals surface area contributed by atoms with E-state index in [1.165, 1.54) is 0 Å². The molecule has 0 aromatic carbocycles. The fourth-order valence-electron chi connectivity index (χ4n) is 1.00. The van der Waals surface area contributed by atoms with Gasteiger partial charge < -0.3 is 5.73 Å². The molecule has 0 aliphatic rings. The van der Waals surface area contributed by atoms with Gasteiger partial charge in [0.1, 0.15) is 5.82 Å². The molecule has 2 heterocycles. The largest absolute Gasteiger partial charge is 0.382 e. The van der Waals surface area contributed by atoms with Gasteiger partial charge in [-0.15, -0.1) is 5.10 Å². The van der Waals surface area contributed by atoms with Crippen molar-refractivity contribution in [2.75, 3.05) is 5.73 Å². The Morgan fingerprint density at radius 2 is 2.23 bits per heavy atom. The van der Waals surface area contributed by atoms with Gasteiger partial charge in [0.25, 0.3) is 0 Å². The smallest absolute Gasteiger partial charge is 0.171 e. The molecule has 0 spiro atoms. The van der Waals surface area contributed by atoms with Gasteiger partial charge in [-0.25, -0.2) is 9.67 Å². The molecule has 0 bridgehead atoms. The summed E-state index contributed by atoms with van der Waals surface area (Å²) in [7, 11) is 0. The number of nitrogen functional groups attached to an aromatic ring is 1. The molecule has 0 atom stereocenters. The van der Waals surface area contributed by atoms with E-state index in [0.29, 0.717) is 11.6 Å². The van der Waals surface area contributed by atoms with Gasteiger partial charge in [0.15, 0.2) is 5.82 Å². The number of hydrogen-bond donors (Lipinski definition) is 1. The second-order valence-electron chi connectivity index (χ2n) is 2.71. The molecule has 66 valence electrons. The van der Waals surface area contributed by atoms with E-state index in [4.69, 9.17) is 5.73 Å². The molecule has 0 amide bonds. The van der Waals surface area contributed by atoms with Crippen LogP contribution in [-0.4, -0.2) is 19.7 Å². The molecule has 5 heteroatoms. The highest BCUT2D eigenvalue weighted by atomic mass is 15.3. The van der Waals surface area contributed by atoms with E-state index >= 15 is 0 Å². The van der Waals surface area contributed by atoms with Crippen LogP contribution in [0.15, 0.2) is 24.8 Å². The third-order valence-corrected chi connectivity index (χ3v) is 1.72. The zero-order valence-electron chi connectivity index (χ0n) is 7.18. The Bertz CT molecular complexity index is 386. The van der Waals surface area contributed by atoms with Gasteiger partial charge in [-0.2, -0.15) is 0 Å². The Balaban J connectivity index is 2.48. The third kappa shape index (κ3) is 1.35. The minimum atomic E-state index is 0.519. The number of aryl methyl sites for hydroxylation is 1. The van der Waals surface area contributed by atoms with E-state index in [1.807, 2.05) is 13.1 Å². The van der Waals surface area contributed by atoms with Crippen LogP contribution in [0.1, 0.15) is 5.56 Å². The van der Waals surface area contributed by atoms with Crippen molar-refractivity contribution in [3.05, 3.63) is 30.4 Å². The lowest BCUT2D eigenvalue weighted by atomic mass is 10.4. The van der Waals surface area contributed by atoms with Crippen LogP contribution in [0.2, 0.25) is 0 Å². The van der Waals surface area contributed by atoms with Crippen LogP contribution in [0, 0.1) is 6.92 Å². The summed E-state index contributed by atoms with van der Waals surface area (Å²) in [5, 5.41) is 4.07. The van der Waals surface area contributed by atoms with Gasteiger partial charge in [-0.05, 0) is 6.92 Å². The third-order valence-electron chi connectivity index (χ3n) is 1.72. The fourth-order valence-corrected chi connectivity index (χ4v) is 1.00. The van der Waals surface area contributed by atoms with Crippen molar-refractivity contribution in [1.82, 2.24) is 19.7 Å². The van der Waals surface area contributed by atoms with Crippen molar-refractivity contribution in [2.24, 2.45) is 0 Å². The van der Waals surface area contributed by atoms with Crippen LogP contribution in [0.4, 0.5) is 5.82 Å². The molecule has 0 unspecified atom stereocenters.